The molecule has 0 radical (unpaired) electrons. The first-order valence-electron chi connectivity index (χ1n) is 10.3. The number of benzene rings is 2. The lowest BCUT2D eigenvalue weighted by molar-refractivity contribution is -0.129. The van der Waals surface area contributed by atoms with E-state index in [1.807, 2.05) is 37.3 Å². The van der Waals surface area contributed by atoms with Gasteiger partial charge in [-0.05, 0) is 70.4 Å². The molecule has 0 saturated carbocycles. The second kappa shape index (κ2) is 11.2. The Balaban J connectivity index is 1.82. The van der Waals surface area contributed by atoms with Crippen molar-refractivity contribution in [3.05, 3.63) is 65.7 Å². The van der Waals surface area contributed by atoms with Gasteiger partial charge >= 0.3 is 5.97 Å². The molecule has 0 aliphatic carbocycles. The zero-order chi connectivity index (χ0) is 21.2. The maximum Gasteiger partial charge on any atom is 0.338 e. The van der Waals surface area contributed by atoms with Crippen molar-refractivity contribution in [2.75, 3.05) is 18.0 Å². The minimum Gasteiger partial charge on any atom is -0.449 e. The Kier molecular flexibility index (Phi) is 8.71. The third-order valence-electron chi connectivity index (χ3n) is 4.98. The van der Waals surface area contributed by atoms with Gasteiger partial charge in [-0.1, -0.05) is 30.3 Å². The molecule has 0 heterocycles. The van der Waals surface area contributed by atoms with Crippen LogP contribution in [-0.4, -0.2) is 37.1 Å². The second-order valence-corrected chi connectivity index (χ2v) is 7.20. The lowest BCUT2D eigenvalue weighted by Gasteiger charge is -2.21. The molecule has 1 amide bonds. The molecular weight excluding hydrogens is 364 g/mol. The van der Waals surface area contributed by atoms with Gasteiger partial charge in [0.2, 0.25) is 0 Å². The SMILES string of the molecule is CCN(CC)c1ccc(C(=O)O[C@@H](C)C(=O)N[C@H](C)CCc2ccccc2)cc1. The molecule has 2 aromatic rings. The van der Waals surface area contributed by atoms with Crippen molar-refractivity contribution < 1.29 is 14.3 Å². The van der Waals surface area contributed by atoms with E-state index in [0.717, 1.165) is 31.6 Å². The fourth-order valence-electron chi connectivity index (χ4n) is 3.14. The normalized spacial score (nSPS) is 12.7. The van der Waals surface area contributed by atoms with E-state index < -0.39 is 12.1 Å². The number of amides is 1. The van der Waals surface area contributed by atoms with E-state index in [1.54, 1.807) is 19.1 Å². The fraction of sp³-hybridized carbons (Fsp3) is 0.417. The molecule has 0 aliphatic heterocycles. The summed E-state index contributed by atoms with van der Waals surface area (Å²) in [4.78, 5) is 26.9. The zero-order valence-corrected chi connectivity index (χ0v) is 17.9. The molecule has 2 atom stereocenters. The molecule has 0 saturated heterocycles. The average molecular weight is 397 g/mol. The Morgan fingerprint density at radius 2 is 1.59 bits per heavy atom. The van der Waals surface area contributed by atoms with Gasteiger partial charge in [0.15, 0.2) is 6.10 Å². The number of rotatable bonds is 10. The number of carbonyl (C=O) groups excluding carboxylic acids is 2. The van der Waals surface area contributed by atoms with E-state index in [4.69, 9.17) is 4.74 Å². The molecule has 2 rings (SSSR count). The Morgan fingerprint density at radius 3 is 2.17 bits per heavy atom. The molecule has 29 heavy (non-hydrogen) atoms. The van der Waals surface area contributed by atoms with Crippen LogP contribution in [0.5, 0.6) is 0 Å². The Morgan fingerprint density at radius 1 is 0.966 bits per heavy atom. The lowest BCUT2D eigenvalue weighted by atomic mass is 10.1. The highest BCUT2D eigenvalue weighted by Gasteiger charge is 2.20. The summed E-state index contributed by atoms with van der Waals surface area (Å²) < 4.78 is 5.35. The van der Waals surface area contributed by atoms with Gasteiger partial charge in [0.25, 0.3) is 5.91 Å². The van der Waals surface area contributed by atoms with Crippen molar-refractivity contribution in [1.82, 2.24) is 5.32 Å². The number of anilines is 1. The maximum absolute atomic E-state index is 12.4. The van der Waals surface area contributed by atoms with Crippen LogP contribution in [0, 0.1) is 0 Å². The Hall–Kier alpha value is -2.82. The van der Waals surface area contributed by atoms with E-state index in [0.29, 0.717) is 5.56 Å². The number of ether oxygens (including phenoxy) is 1. The van der Waals surface area contributed by atoms with E-state index in [1.165, 1.54) is 5.56 Å². The van der Waals surface area contributed by atoms with Crippen LogP contribution in [0.25, 0.3) is 0 Å². The van der Waals surface area contributed by atoms with Crippen molar-refractivity contribution in [3.8, 4) is 0 Å². The largest absolute Gasteiger partial charge is 0.449 e. The van der Waals surface area contributed by atoms with E-state index in [2.05, 4.69) is 36.2 Å². The van der Waals surface area contributed by atoms with Crippen molar-refractivity contribution in [3.63, 3.8) is 0 Å². The molecular formula is C24H32N2O3. The Labute approximate surface area is 174 Å². The summed E-state index contributed by atoms with van der Waals surface area (Å²) in [6.07, 6.45) is 0.864. The highest BCUT2D eigenvalue weighted by molar-refractivity contribution is 5.92. The van der Waals surface area contributed by atoms with Crippen LogP contribution < -0.4 is 10.2 Å². The molecule has 0 aromatic heterocycles. The van der Waals surface area contributed by atoms with Crippen LogP contribution in [0.3, 0.4) is 0 Å². The van der Waals surface area contributed by atoms with Gasteiger partial charge in [-0.2, -0.15) is 0 Å². The predicted molar refractivity (Wildman–Crippen MR) is 117 cm³/mol. The molecule has 0 unspecified atom stereocenters. The summed E-state index contributed by atoms with van der Waals surface area (Å²) in [5, 5.41) is 2.92. The number of esters is 1. The number of nitrogens with one attached hydrogen (secondary N) is 1. The van der Waals surface area contributed by atoms with Crippen LogP contribution in [0.1, 0.15) is 50.0 Å². The maximum atomic E-state index is 12.4. The van der Waals surface area contributed by atoms with E-state index >= 15 is 0 Å². The van der Waals surface area contributed by atoms with Crippen LogP contribution in [0.15, 0.2) is 54.6 Å². The third-order valence-corrected chi connectivity index (χ3v) is 4.98. The number of hydrogen-bond acceptors (Lipinski definition) is 4. The number of hydrogen-bond donors (Lipinski definition) is 1. The highest BCUT2D eigenvalue weighted by Crippen LogP contribution is 2.16. The fourth-order valence-corrected chi connectivity index (χ4v) is 3.14. The molecule has 2 aromatic carbocycles. The molecule has 0 fully saturated rings. The van der Waals surface area contributed by atoms with Crippen molar-refractivity contribution in [1.29, 1.82) is 0 Å². The second-order valence-electron chi connectivity index (χ2n) is 7.20. The minimum absolute atomic E-state index is 0.00258. The minimum atomic E-state index is -0.843. The molecule has 0 spiro atoms. The van der Waals surface area contributed by atoms with Gasteiger partial charge < -0.3 is 15.0 Å². The quantitative estimate of drug-likeness (QED) is 0.611. The van der Waals surface area contributed by atoms with Gasteiger partial charge in [-0.3, -0.25) is 4.79 Å². The van der Waals surface area contributed by atoms with Crippen molar-refractivity contribution in [2.24, 2.45) is 0 Å². The average Bonchev–Trinajstić information content (AvgIpc) is 2.74. The van der Waals surface area contributed by atoms with Crippen LogP contribution in [0.2, 0.25) is 0 Å². The zero-order valence-electron chi connectivity index (χ0n) is 17.9. The third kappa shape index (κ3) is 6.93. The summed E-state index contributed by atoms with van der Waals surface area (Å²) in [7, 11) is 0. The smallest absolute Gasteiger partial charge is 0.338 e. The van der Waals surface area contributed by atoms with Gasteiger partial charge in [0.1, 0.15) is 0 Å². The number of aryl methyl sites for hydroxylation is 1. The standard InChI is InChI=1S/C24H32N2O3/c1-5-26(6-2)22-16-14-21(15-17-22)24(28)29-19(4)23(27)25-18(3)12-13-20-10-8-7-9-11-20/h7-11,14-19H,5-6,12-13H2,1-4H3,(H,25,27)/t18-,19+/m1/s1. The molecule has 156 valence electrons. The molecule has 1 N–H and O–H groups in total. The van der Waals surface area contributed by atoms with Crippen LogP contribution >= 0.6 is 0 Å². The van der Waals surface area contributed by atoms with Crippen molar-refractivity contribution >= 4 is 17.6 Å². The number of carbonyl (C=O) groups is 2. The highest BCUT2D eigenvalue weighted by atomic mass is 16.5. The Bertz CT molecular complexity index is 770. The summed E-state index contributed by atoms with van der Waals surface area (Å²) in [5.74, 6) is -0.769. The molecule has 5 heteroatoms. The predicted octanol–water partition coefficient (Wildman–Crippen LogP) is 4.22. The summed E-state index contributed by atoms with van der Waals surface area (Å²) in [5.41, 5.74) is 2.74. The number of nitrogens with zero attached hydrogens (tertiary/aromatic N) is 1. The molecule has 5 nitrogen and oxygen atoms in total. The lowest BCUT2D eigenvalue weighted by Crippen LogP contribution is -2.41. The van der Waals surface area contributed by atoms with E-state index in [-0.39, 0.29) is 11.9 Å². The molecule has 0 aliphatic rings. The summed E-state index contributed by atoms with van der Waals surface area (Å²) >= 11 is 0. The molecule has 0 bridgehead atoms. The van der Waals surface area contributed by atoms with E-state index in [9.17, 15) is 9.59 Å². The topological polar surface area (TPSA) is 58.6 Å². The first-order valence-corrected chi connectivity index (χ1v) is 10.3. The summed E-state index contributed by atoms with van der Waals surface area (Å²) in [6.45, 7) is 9.54. The van der Waals surface area contributed by atoms with Gasteiger partial charge in [0.05, 0.1) is 5.56 Å². The van der Waals surface area contributed by atoms with Crippen LogP contribution in [-0.2, 0) is 16.0 Å². The first-order chi connectivity index (χ1) is 13.9. The van der Waals surface area contributed by atoms with Crippen molar-refractivity contribution in [2.45, 2.75) is 52.7 Å². The monoisotopic (exact) mass is 396 g/mol. The van der Waals surface area contributed by atoms with Gasteiger partial charge in [-0.25, -0.2) is 4.79 Å². The van der Waals surface area contributed by atoms with Gasteiger partial charge in [0, 0.05) is 24.8 Å². The summed E-state index contributed by atoms with van der Waals surface area (Å²) in [6, 6.07) is 17.4. The van der Waals surface area contributed by atoms with Crippen LogP contribution in [0.4, 0.5) is 5.69 Å². The first kappa shape index (κ1) is 22.5. The van der Waals surface area contributed by atoms with Gasteiger partial charge in [-0.15, -0.1) is 0 Å².